The smallest absolute Gasteiger partial charge is 0.322 e. The van der Waals surface area contributed by atoms with E-state index in [1.54, 1.807) is 0 Å². The topological polar surface area (TPSA) is 221 Å². The third-order valence-electron chi connectivity index (χ3n) is 6.72. The quantitative estimate of drug-likeness (QED) is 0.144. The molecule has 222 valence electrons. The molecule has 0 bridgehead atoms. The van der Waals surface area contributed by atoms with Crippen LogP contribution in [0, 0.1) is 4.91 Å². The number of hydrogen-bond donors (Lipinski definition) is 8. The van der Waals surface area contributed by atoms with Crippen molar-refractivity contribution in [2.45, 2.75) is 42.1 Å². The monoisotopic (exact) mass is 591 g/mol. The number of phenolic OH excluding ortho intramolecular Hbond substituents is 2. The minimum atomic E-state index is -1.20. The number of amides is 2. The van der Waals surface area contributed by atoms with Gasteiger partial charge in [0, 0.05) is 24.9 Å². The molecule has 0 saturated carbocycles. The van der Waals surface area contributed by atoms with Crippen molar-refractivity contribution in [1.82, 2.24) is 15.5 Å². The summed E-state index contributed by atoms with van der Waals surface area (Å²) in [7, 11) is 1.00. The molecule has 41 heavy (non-hydrogen) atoms. The zero-order valence-corrected chi connectivity index (χ0v) is 23.4. The van der Waals surface area contributed by atoms with Crippen molar-refractivity contribution >= 4 is 40.9 Å². The minimum absolute atomic E-state index is 0.0455. The molecule has 2 saturated heterocycles. The average Bonchev–Trinajstić information content (AvgIpc) is 3.16. The molecule has 2 fully saturated rings. The number of carboxylic acids is 1. The number of hydrogen-bond acceptors (Lipinski definition) is 12. The van der Waals surface area contributed by atoms with Crippen molar-refractivity contribution in [2.75, 3.05) is 32.1 Å². The third kappa shape index (κ3) is 6.53. The van der Waals surface area contributed by atoms with E-state index in [1.807, 2.05) is 18.7 Å². The van der Waals surface area contributed by atoms with Crippen molar-refractivity contribution in [2.24, 2.45) is 5.18 Å². The average molecular weight is 592 g/mol. The molecule has 14 nitrogen and oxygen atoms in total. The first kappa shape index (κ1) is 31.6. The van der Waals surface area contributed by atoms with Crippen molar-refractivity contribution in [3.05, 3.63) is 52.4 Å². The number of nitrogens with zero attached hydrogens (tertiary/aromatic N) is 2. The molecule has 2 aliphatic heterocycles. The van der Waals surface area contributed by atoms with Gasteiger partial charge in [0.15, 0.2) is 0 Å². The highest BCUT2D eigenvalue weighted by Crippen LogP contribution is 2.50. The van der Waals surface area contributed by atoms with Crippen LogP contribution in [0.25, 0.3) is 0 Å². The number of phenols is 2. The number of nitrogens with one attached hydrogen (secondary N) is 3. The highest BCUT2D eigenvalue weighted by atomic mass is 32.2. The maximum Gasteiger partial charge on any atom is 0.322 e. The van der Waals surface area contributed by atoms with Crippen LogP contribution in [0.4, 0.5) is 11.4 Å². The van der Waals surface area contributed by atoms with Gasteiger partial charge < -0.3 is 41.5 Å². The van der Waals surface area contributed by atoms with E-state index in [4.69, 9.17) is 10.2 Å². The van der Waals surface area contributed by atoms with E-state index in [0.29, 0.717) is 12.1 Å². The molecule has 2 aliphatic rings. The summed E-state index contributed by atoms with van der Waals surface area (Å²) < 4.78 is -0.574. The SMILES string of the molecule is CC1(C)SC2C(NC(=O)C(Nc3c(O)ccc(N=O)c3C(=O)NCCO)c3ccc(O)cc3)CN2C1C(=O)O.CO. The van der Waals surface area contributed by atoms with Gasteiger partial charge in [-0.05, 0) is 48.9 Å². The number of aliphatic hydroxyl groups excluding tert-OH is 2. The summed E-state index contributed by atoms with van der Waals surface area (Å²) >= 11 is 1.46. The molecule has 0 aromatic heterocycles. The van der Waals surface area contributed by atoms with Crippen LogP contribution in [-0.4, -0.2) is 97.2 Å². The normalized spacial score (nSPS) is 21.2. The van der Waals surface area contributed by atoms with Gasteiger partial charge in [-0.1, -0.05) is 12.1 Å². The molecule has 2 amide bonds. The zero-order valence-electron chi connectivity index (χ0n) is 22.6. The summed E-state index contributed by atoms with van der Waals surface area (Å²) in [6, 6.07) is 5.72. The van der Waals surface area contributed by atoms with Gasteiger partial charge in [-0.25, -0.2) is 0 Å². The summed E-state index contributed by atoms with van der Waals surface area (Å²) in [5.74, 6) is -2.76. The molecule has 0 spiro atoms. The first-order valence-corrected chi connectivity index (χ1v) is 13.4. The number of anilines is 1. The van der Waals surface area contributed by atoms with E-state index >= 15 is 0 Å². The fourth-order valence-corrected chi connectivity index (χ4v) is 6.56. The van der Waals surface area contributed by atoms with Gasteiger partial charge in [-0.3, -0.25) is 19.3 Å². The van der Waals surface area contributed by atoms with E-state index in [9.17, 15) is 34.6 Å². The summed E-state index contributed by atoms with van der Waals surface area (Å²) in [5.41, 5.74) is -0.472. The van der Waals surface area contributed by atoms with Crippen LogP contribution in [0.15, 0.2) is 41.6 Å². The Morgan fingerprint density at radius 2 is 1.78 bits per heavy atom. The summed E-state index contributed by atoms with van der Waals surface area (Å²) in [5, 5.41) is 57.0. The molecular weight excluding hydrogens is 558 g/mol. The minimum Gasteiger partial charge on any atom is -0.508 e. The van der Waals surface area contributed by atoms with Crippen LogP contribution in [0.1, 0.15) is 35.8 Å². The number of aliphatic carboxylic acids is 1. The lowest BCUT2D eigenvalue weighted by Crippen LogP contribution is -2.67. The van der Waals surface area contributed by atoms with Crippen LogP contribution in [0.3, 0.4) is 0 Å². The fraction of sp³-hybridized carbons (Fsp3) is 0.423. The van der Waals surface area contributed by atoms with E-state index in [1.165, 1.54) is 36.0 Å². The number of rotatable bonds is 10. The highest BCUT2D eigenvalue weighted by molar-refractivity contribution is 8.01. The largest absolute Gasteiger partial charge is 0.508 e. The summed E-state index contributed by atoms with van der Waals surface area (Å²) in [6.07, 6.45) is 0. The molecule has 4 atom stereocenters. The highest BCUT2D eigenvalue weighted by Gasteiger charge is 2.59. The van der Waals surface area contributed by atoms with Gasteiger partial charge in [0.05, 0.1) is 29.3 Å². The van der Waals surface area contributed by atoms with Gasteiger partial charge >= 0.3 is 5.97 Å². The Balaban J connectivity index is 0.00000226. The number of nitroso groups, excluding NO2 is 1. The van der Waals surface area contributed by atoms with Crippen LogP contribution in [0.2, 0.25) is 0 Å². The first-order valence-electron chi connectivity index (χ1n) is 12.5. The maximum absolute atomic E-state index is 13.6. The fourth-order valence-electron chi connectivity index (χ4n) is 4.92. The van der Waals surface area contributed by atoms with Crippen molar-refractivity contribution in [3.8, 4) is 11.5 Å². The number of aliphatic hydroxyl groups is 2. The maximum atomic E-state index is 13.6. The number of thioether (sulfide) groups is 1. The first-order chi connectivity index (χ1) is 19.5. The Labute approximate surface area is 239 Å². The van der Waals surface area contributed by atoms with Gasteiger partial charge in [0.1, 0.15) is 29.3 Å². The number of benzene rings is 2. The predicted octanol–water partition coefficient (Wildman–Crippen LogP) is 1.08. The van der Waals surface area contributed by atoms with Gasteiger partial charge in [0.2, 0.25) is 5.91 Å². The number of carbonyl (C=O) groups is 3. The Hall–Kier alpha value is -3.92. The van der Waals surface area contributed by atoms with Crippen LogP contribution in [0.5, 0.6) is 11.5 Å². The van der Waals surface area contributed by atoms with Gasteiger partial charge in [-0.2, -0.15) is 0 Å². The number of aromatic hydroxyl groups is 2. The van der Waals surface area contributed by atoms with Crippen molar-refractivity contribution in [1.29, 1.82) is 0 Å². The lowest BCUT2D eigenvalue weighted by atomic mass is 9.96. The van der Waals surface area contributed by atoms with Gasteiger partial charge in [0.25, 0.3) is 5.91 Å². The Morgan fingerprint density at radius 3 is 2.37 bits per heavy atom. The van der Waals surface area contributed by atoms with E-state index in [0.717, 1.165) is 19.2 Å². The lowest BCUT2D eigenvalue weighted by molar-refractivity contribution is -0.146. The van der Waals surface area contributed by atoms with E-state index < -0.39 is 40.4 Å². The second kappa shape index (κ2) is 13.2. The van der Waals surface area contributed by atoms with Crippen LogP contribution < -0.4 is 16.0 Å². The molecule has 2 heterocycles. The molecule has 2 aromatic rings. The molecule has 4 unspecified atom stereocenters. The molecule has 4 rings (SSSR count). The Kier molecular flexibility index (Phi) is 10.1. The van der Waals surface area contributed by atoms with E-state index in [2.05, 4.69) is 21.1 Å². The predicted molar refractivity (Wildman–Crippen MR) is 151 cm³/mol. The Bertz CT molecular complexity index is 1290. The molecule has 15 heteroatoms. The van der Waals surface area contributed by atoms with Crippen molar-refractivity contribution in [3.63, 3.8) is 0 Å². The molecule has 0 radical (unpaired) electrons. The summed E-state index contributed by atoms with van der Waals surface area (Å²) in [6.45, 7) is 3.51. The zero-order chi connectivity index (χ0) is 30.5. The molecule has 8 N–H and O–H groups in total. The standard InChI is InChI=1S/C25H29N5O8S.CH4O/c1-25(2)20(24(36)37)30-11-15(23(30)39-25)27-22(35)18(12-3-5-13(32)6-4-12)28-19-16(33)8-7-14(29-38)17(19)21(34)26-9-10-31;1-2/h3-8,15,18,20,23,28,31-33H,9-11H2,1-2H3,(H,26,34)(H,27,35)(H,36,37);2H,1H3. The van der Waals surface area contributed by atoms with Gasteiger partial charge in [-0.15, -0.1) is 16.7 Å². The third-order valence-corrected chi connectivity index (χ3v) is 8.39. The number of carboxylic acid groups (broad SMARTS) is 1. The van der Waals surface area contributed by atoms with Crippen LogP contribution in [-0.2, 0) is 9.59 Å². The van der Waals surface area contributed by atoms with Crippen LogP contribution >= 0.6 is 11.8 Å². The number of fused-ring (bicyclic) bond motifs is 1. The Morgan fingerprint density at radius 1 is 1.12 bits per heavy atom. The van der Waals surface area contributed by atoms with E-state index in [-0.39, 0.29) is 47.3 Å². The number of carbonyl (C=O) groups excluding carboxylic acids is 2. The second-order valence-electron chi connectivity index (χ2n) is 9.76. The summed E-state index contributed by atoms with van der Waals surface area (Å²) in [4.78, 5) is 51.6. The lowest BCUT2D eigenvalue weighted by Gasteiger charge is -2.45. The second-order valence-corrected chi connectivity index (χ2v) is 11.5. The molecule has 0 aliphatic carbocycles. The molecule has 2 aromatic carbocycles. The molecular formula is C26H33N5O9S. The van der Waals surface area contributed by atoms with Crippen molar-refractivity contribution < 1.29 is 39.9 Å².